The molecule has 4 aromatic carbocycles. The van der Waals surface area contributed by atoms with Crippen molar-refractivity contribution in [2.24, 2.45) is 0 Å². The molecule has 0 aliphatic carbocycles. The number of halogens is 2. The average Bonchev–Trinajstić information content (AvgIpc) is 2.74. The molecule has 4 aromatic rings. The maximum absolute atomic E-state index is 4.30. The first-order valence-electron chi connectivity index (χ1n) is 10.9. The van der Waals surface area contributed by atoms with Crippen LogP contribution in [0.15, 0.2) is 49.6 Å². The lowest BCUT2D eigenvalue weighted by molar-refractivity contribution is 0.798. The predicted molar refractivity (Wildman–Crippen MR) is 153 cm³/mol. The second-order valence-electron chi connectivity index (χ2n) is 8.25. The molecule has 0 aliphatic rings. The molecule has 0 saturated heterocycles. The molecule has 0 saturated carbocycles. The highest BCUT2D eigenvalue weighted by atomic mass is 127. The first-order chi connectivity index (χ1) is 14.5. The van der Waals surface area contributed by atoms with Crippen LogP contribution in [0.1, 0.15) is 61.8 Å². The van der Waals surface area contributed by atoms with E-state index in [1.807, 2.05) is 0 Å². The molecule has 2 heteroatoms. The van der Waals surface area contributed by atoms with E-state index in [1.54, 1.807) is 0 Å². The Morgan fingerprint density at radius 1 is 0.667 bits per heavy atom. The number of rotatable bonds is 8. The molecule has 4 rings (SSSR count). The number of benzene rings is 4. The van der Waals surface area contributed by atoms with Crippen molar-refractivity contribution in [1.29, 1.82) is 0 Å². The highest BCUT2D eigenvalue weighted by molar-refractivity contribution is 14.1. The Morgan fingerprint density at radius 2 is 1.03 bits per heavy atom. The SMILES string of the molecule is C=C(I)c1cc(CCCC)c2ccc3c(C(=C)I)cc(CCCC)c4ccc1c2c43. The second-order valence-corrected chi connectivity index (χ2v) is 10.9. The molecule has 0 amide bonds. The van der Waals surface area contributed by atoms with Crippen molar-refractivity contribution in [3.05, 3.63) is 71.8 Å². The number of aryl methyl sites for hydroxylation is 2. The molecule has 0 nitrogen and oxygen atoms in total. The highest BCUT2D eigenvalue weighted by Gasteiger charge is 2.19. The van der Waals surface area contributed by atoms with E-state index in [0.29, 0.717) is 0 Å². The molecule has 0 fully saturated rings. The average molecular weight is 618 g/mol. The molecule has 0 spiro atoms. The summed E-state index contributed by atoms with van der Waals surface area (Å²) in [7, 11) is 0. The van der Waals surface area contributed by atoms with Gasteiger partial charge >= 0.3 is 0 Å². The van der Waals surface area contributed by atoms with Gasteiger partial charge in [-0.3, -0.25) is 0 Å². The zero-order valence-corrected chi connectivity index (χ0v) is 22.2. The minimum absolute atomic E-state index is 1.12. The minimum Gasteiger partial charge on any atom is -0.0850 e. The summed E-state index contributed by atoms with van der Waals surface area (Å²) in [5.41, 5.74) is 5.50. The zero-order valence-electron chi connectivity index (χ0n) is 17.9. The molecule has 0 unspecified atom stereocenters. The van der Waals surface area contributed by atoms with Crippen molar-refractivity contribution < 1.29 is 0 Å². The highest BCUT2D eigenvalue weighted by Crippen LogP contribution is 2.44. The third-order valence-electron chi connectivity index (χ3n) is 6.25. The van der Waals surface area contributed by atoms with Crippen molar-refractivity contribution in [3.63, 3.8) is 0 Å². The molecule has 0 bridgehead atoms. The van der Waals surface area contributed by atoms with Gasteiger partial charge in [-0.25, -0.2) is 0 Å². The number of hydrogen-bond donors (Lipinski definition) is 0. The van der Waals surface area contributed by atoms with Gasteiger partial charge in [0.2, 0.25) is 0 Å². The van der Waals surface area contributed by atoms with Crippen LogP contribution in [0, 0.1) is 0 Å². The summed E-state index contributed by atoms with van der Waals surface area (Å²) in [6, 6.07) is 14.2. The van der Waals surface area contributed by atoms with Gasteiger partial charge in [0.15, 0.2) is 0 Å². The lowest BCUT2D eigenvalue weighted by atomic mass is 9.84. The van der Waals surface area contributed by atoms with Gasteiger partial charge in [-0.05, 0) is 138 Å². The molecular formula is C28H28I2. The summed E-state index contributed by atoms with van der Waals surface area (Å²) < 4.78 is 2.24. The first-order valence-corrected chi connectivity index (χ1v) is 13.1. The molecule has 0 atom stereocenters. The number of hydrogen-bond acceptors (Lipinski definition) is 0. The van der Waals surface area contributed by atoms with E-state index < -0.39 is 0 Å². The fraction of sp³-hybridized carbons (Fsp3) is 0.286. The zero-order chi connectivity index (χ0) is 21.4. The molecule has 0 heterocycles. The maximum atomic E-state index is 4.30. The Labute approximate surface area is 207 Å². The lowest BCUT2D eigenvalue weighted by Gasteiger charge is -2.20. The van der Waals surface area contributed by atoms with Gasteiger partial charge in [-0.2, -0.15) is 0 Å². The van der Waals surface area contributed by atoms with Crippen LogP contribution in [0.2, 0.25) is 0 Å². The molecule has 30 heavy (non-hydrogen) atoms. The monoisotopic (exact) mass is 618 g/mol. The lowest BCUT2D eigenvalue weighted by Crippen LogP contribution is -1.98. The summed E-state index contributed by atoms with van der Waals surface area (Å²) in [5, 5.41) is 8.33. The fourth-order valence-corrected chi connectivity index (χ4v) is 5.63. The molecular weight excluding hydrogens is 590 g/mol. The van der Waals surface area contributed by atoms with Crippen LogP contribution in [-0.2, 0) is 12.8 Å². The van der Waals surface area contributed by atoms with E-state index >= 15 is 0 Å². The van der Waals surface area contributed by atoms with Gasteiger partial charge in [-0.1, -0.05) is 64.1 Å². The van der Waals surface area contributed by atoms with Crippen LogP contribution in [-0.4, -0.2) is 0 Å². The summed E-state index contributed by atoms with van der Waals surface area (Å²) in [5.74, 6) is 0. The van der Waals surface area contributed by atoms with Gasteiger partial charge in [0.25, 0.3) is 0 Å². The number of unbranched alkanes of at least 4 members (excludes halogenated alkanes) is 2. The smallest absolute Gasteiger partial charge is 0.0137 e. The van der Waals surface area contributed by atoms with Gasteiger partial charge in [-0.15, -0.1) is 0 Å². The molecule has 0 aromatic heterocycles. The molecule has 0 N–H and O–H groups in total. The van der Waals surface area contributed by atoms with E-state index in [0.717, 1.165) is 20.0 Å². The van der Waals surface area contributed by atoms with Crippen LogP contribution in [0.5, 0.6) is 0 Å². The summed E-state index contributed by atoms with van der Waals surface area (Å²) in [4.78, 5) is 0. The Kier molecular flexibility index (Phi) is 6.73. The Hall–Kier alpha value is -1.14. The quantitative estimate of drug-likeness (QED) is 0.136. The topological polar surface area (TPSA) is 0 Å². The Balaban J connectivity index is 2.19. The minimum atomic E-state index is 1.12. The largest absolute Gasteiger partial charge is 0.0850 e. The Bertz CT molecular complexity index is 1160. The van der Waals surface area contributed by atoms with Crippen LogP contribution in [0.25, 0.3) is 39.5 Å². The van der Waals surface area contributed by atoms with E-state index in [-0.39, 0.29) is 0 Å². The Morgan fingerprint density at radius 3 is 1.37 bits per heavy atom. The predicted octanol–water partition coefficient (Wildman–Crippen LogP) is 10.1. The van der Waals surface area contributed by atoms with Crippen LogP contribution < -0.4 is 0 Å². The van der Waals surface area contributed by atoms with Crippen LogP contribution >= 0.6 is 45.2 Å². The standard InChI is InChI=1S/C28H28I2/c1-5-7-9-19-15-25(17(3)29)23-14-12-22-20(10-8-6-2)16-26(18(4)30)24-13-11-21(19)27(23)28(22)24/h11-16H,3-10H2,1-2H3. The van der Waals surface area contributed by atoms with Crippen LogP contribution in [0.4, 0.5) is 0 Å². The van der Waals surface area contributed by atoms with Crippen molar-refractivity contribution in [1.82, 2.24) is 0 Å². The summed E-state index contributed by atoms with van der Waals surface area (Å²) >= 11 is 4.77. The van der Waals surface area contributed by atoms with Gasteiger partial charge in [0.1, 0.15) is 0 Å². The normalized spacial score (nSPS) is 11.7. The second kappa shape index (κ2) is 9.15. The molecule has 154 valence electrons. The van der Waals surface area contributed by atoms with Gasteiger partial charge in [0.05, 0.1) is 0 Å². The first kappa shape index (κ1) is 22.1. The van der Waals surface area contributed by atoms with Crippen molar-refractivity contribution in [2.45, 2.75) is 52.4 Å². The van der Waals surface area contributed by atoms with E-state index in [2.05, 4.69) is 109 Å². The summed E-state index contributed by atoms with van der Waals surface area (Å²) in [6.07, 6.45) is 7.10. The van der Waals surface area contributed by atoms with E-state index in [4.69, 9.17) is 0 Å². The van der Waals surface area contributed by atoms with Crippen molar-refractivity contribution >= 4 is 84.7 Å². The van der Waals surface area contributed by atoms with Gasteiger partial charge in [0, 0.05) is 7.16 Å². The van der Waals surface area contributed by atoms with Crippen molar-refractivity contribution in [2.75, 3.05) is 0 Å². The maximum Gasteiger partial charge on any atom is 0.0137 e. The molecule has 0 radical (unpaired) electrons. The summed E-state index contributed by atoms with van der Waals surface area (Å²) in [6.45, 7) is 13.1. The van der Waals surface area contributed by atoms with E-state index in [9.17, 15) is 0 Å². The van der Waals surface area contributed by atoms with Crippen LogP contribution in [0.3, 0.4) is 0 Å². The molecule has 0 aliphatic heterocycles. The van der Waals surface area contributed by atoms with Crippen molar-refractivity contribution in [3.8, 4) is 0 Å². The fourth-order valence-electron chi connectivity index (χ4n) is 4.74. The van der Waals surface area contributed by atoms with Gasteiger partial charge < -0.3 is 0 Å². The third kappa shape index (κ3) is 3.79. The third-order valence-corrected chi connectivity index (χ3v) is 7.42. The van der Waals surface area contributed by atoms with E-state index in [1.165, 1.54) is 80.3 Å².